The van der Waals surface area contributed by atoms with Gasteiger partial charge in [-0.1, -0.05) is 0 Å². The molecule has 0 aromatic rings. The zero-order valence-electron chi connectivity index (χ0n) is 14.6. The predicted octanol–water partition coefficient (Wildman–Crippen LogP) is 1.90. The van der Waals surface area contributed by atoms with Crippen LogP contribution >= 0.6 is 0 Å². The minimum atomic E-state index is 0.359. The highest BCUT2D eigenvalue weighted by Gasteiger charge is 2.27. The van der Waals surface area contributed by atoms with Gasteiger partial charge in [0.15, 0.2) is 0 Å². The molecule has 2 fully saturated rings. The highest BCUT2D eigenvalue weighted by Crippen LogP contribution is 2.19. The molecule has 0 aromatic heterocycles. The highest BCUT2D eigenvalue weighted by atomic mass is 16.5. The Balaban J connectivity index is 1.63. The summed E-state index contributed by atoms with van der Waals surface area (Å²) in [4.78, 5) is 7.91. The predicted molar refractivity (Wildman–Crippen MR) is 88.8 cm³/mol. The zero-order valence-corrected chi connectivity index (χ0v) is 14.6. The average Bonchev–Trinajstić information content (AvgIpc) is 2.48. The van der Waals surface area contributed by atoms with E-state index in [1.165, 1.54) is 52.1 Å². The lowest BCUT2D eigenvalue weighted by Gasteiger charge is -2.43. The Labute approximate surface area is 131 Å². The summed E-state index contributed by atoms with van der Waals surface area (Å²) in [6.45, 7) is 18.3. The third-order valence-electron chi connectivity index (χ3n) is 5.01. The maximum absolute atomic E-state index is 5.66. The van der Waals surface area contributed by atoms with Gasteiger partial charge in [0.25, 0.3) is 0 Å². The fraction of sp³-hybridized carbons (Fsp3) is 1.00. The van der Waals surface area contributed by atoms with Gasteiger partial charge < -0.3 is 9.64 Å². The molecule has 0 N–H and O–H groups in total. The second kappa shape index (κ2) is 8.47. The SMILES string of the molecule is CC(C)OCCN1CCN(C2CCN(C(C)C)CC2)CC1. The largest absolute Gasteiger partial charge is 0.377 e. The number of hydrogen-bond donors (Lipinski definition) is 0. The van der Waals surface area contributed by atoms with Crippen LogP contribution in [0.2, 0.25) is 0 Å². The van der Waals surface area contributed by atoms with E-state index < -0.39 is 0 Å². The van der Waals surface area contributed by atoms with Crippen molar-refractivity contribution in [3.8, 4) is 0 Å². The van der Waals surface area contributed by atoms with Gasteiger partial charge in [0.2, 0.25) is 0 Å². The monoisotopic (exact) mass is 297 g/mol. The number of likely N-dealkylation sites (tertiary alicyclic amines) is 1. The minimum absolute atomic E-state index is 0.359. The second-order valence-electron chi connectivity index (χ2n) is 7.16. The van der Waals surface area contributed by atoms with Crippen molar-refractivity contribution in [2.24, 2.45) is 0 Å². The molecule has 0 saturated carbocycles. The molecule has 0 amide bonds. The van der Waals surface area contributed by atoms with E-state index in [-0.39, 0.29) is 0 Å². The average molecular weight is 297 g/mol. The second-order valence-corrected chi connectivity index (χ2v) is 7.16. The maximum atomic E-state index is 5.66. The van der Waals surface area contributed by atoms with Gasteiger partial charge in [0.05, 0.1) is 12.7 Å². The summed E-state index contributed by atoms with van der Waals surface area (Å²) in [7, 11) is 0. The summed E-state index contributed by atoms with van der Waals surface area (Å²) in [5.41, 5.74) is 0. The number of piperidine rings is 1. The van der Waals surface area contributed by atoms with Gasteiger partial charge >= 0.3 is 0 Å². The molecule has 124 valence electrons. The normalized spacial score (nSPS) is 24.3. The van der Waals surface area contributed by atoms with Gasteiger partial charge in [-0.3, -0.25) is 9.80 Å². The molecular formula is C17H35N3O. The van der Waals surface area contributed by atoms with Crippen molar-refractivity contribution in [3.63, 3.8) is 0 Å². The molecule has 21 heavy (non-hydrogen) atoms. The van der Waals surface area contributed by atoms with E-state index in [2.05, 4.69) is 42.4 Å². The lowest BCUT2D eigenvalue weighted by atomic mass is 10.0. The Kier molecular flexibility index (Phi) is 6.93. The van der Waals surface area contributed by atoms with Crippen molar-refractivity contribution in [2.75, 3.05) is 52.4 Å². The van der Waals surface area contributed by atoms with Crippen LogP contribution in [0.4, 0.5) is 0 Å². The number of nitrogens with zero attached hydrogens (tertiary/aromatic N) is 3. The molecule has 0 atom stereocenters. The van der Waals surface area contributed by atoms with Crippen molar-refractivity contribution in [3.05, 3.63) is 0 Å². The third-order valence-corrected chi connectivity index (χ3v) is 5.01. The summed E-state index contributed by atoms with van der Waals surface area (Å²) in [6, 6.07) is 1.54. The molecule has 2 rings (SSSR count). The van der Waals surface area contributed by atoms with Crippen molar-refractivity contribution in [2.45, 2.75) is 58.7 Å². The standard InChI is InChI=1S/C17H35N3O/c1-15(2)19-7-5-17(6-8-19)20-11-9-18(10-12-20)13-14-21-16(3)4/h15-17H,5-14H2,1-4H3. The summed E-state index contributed by atoms with van der Waals surface area (Å²) in [5.74, 6) is 0. The van der Waals surface area contributed by atoms with Crippen molar-refractivity contribution >= 4 is 0 Å². The Morgan fingerprint density at radius 1 is 0.905 bits per heavy atom. The first-order valence-electron chi connectivity index (χ1n) is 8.88. The molecule has 2 saturated heterocycles. The zero-order chi connectivity index (χ0) is 15.2. The summed E-state index contributed by atoms with van der Waals surface area (Å²) in [6.07, 6.45) is 3.07. The molecule has 0 aliphatic carbocycles. The highest BCUT2D eigenvalue weighted by molar-refractivity contribution is 4.84. The molecule has 0 spiro atoms. The topological polar surface area (TPSA) is 19.0 Å². The van der Waals surface area contributed by atoms with E-state index >= 15 is 0 Å². The van der Waals surface area contributed by atoms with E-state index in [9.17, 15) is 0 Å². The lowest BCUT2D eigenvalue weighted by molar-refractivity contribution is 0.0253. The summed E-state index contributed by atoms with van der Waals surface area (Å²) in [5, 5.41) is 0. The van der Waals surface area contributed by atoms with Gasteiger partial charge in [-0.2, -0.15) is 0 Å². The Bertz CT molecular complexity index is 280. The van der Waals surface area contributed by atoms with Crippen molar-refractivity contribution in [1.82, 2.24) is 14.7 Å². The van der Waals surface area contributed by atoms with E-state index in [4.69, 9.17) is 4.74 Å². The fourth-order valence-electron chi connectivity index (χ4n) is 3.54. The molecule has 2 aliphatic rings. The van der Waals surface area contributed by atoms with Crippen LogP contribution in [0.15, 0.2) is 0 Å². The van der Waals surface area contributed by atoms with Crippen molar-refractivity contribution in [1.29, 1.82) is 0 Å². The number of ether oxygens (including phenoxy) is 1. The Morgan fingerprint density at radius 2 is 1.52 bits per heavy atom. The molecule has 2 aliphatic heterocycles. The Morgan fingerprint density at radius 3 is 2.05 bits per heavy atom. The number of rotatable bonds is 6. The van der Waals surface area contributed by atoms with Crippen LogP contribution in [0.3, 0.4) is 0 Å². The lowest BCUT2D eigenvalue weighted by Crippen LogP contribution is -2.54. The quantitative estimate of drug-likeness (QED) is 0.745. The van der Waals surface area contributed by atoms with Crippen LogP contribution in [0, 0.1) is 0 Å². The van der Waals surface area contributed by atoms with Crippen LogP contribution < -0.4 is 0 Å². The first-order chi connectivity index (χ1) is 10.1. The van der Waals surface area contributed by atoms with Crippen LogP contribution in [0.5, 0.6) is 0 Å². The molecule has 2 heterocycles. The summed E-state index contributed by atoms with van der Waals surface area (Å²) >= 11 is 0. The van der Waals surface area contributed by atoms with E-state index in [0.29, 0.717) is 12.1 Å². The van der Waals surface area contributed by atoms with Crippen LogP contribution in [0.25, 0.3) is 0 Å². The van der Waals surface area contributed by atoms with Gasteiger partial charge in [0.1, 0.15) is 0 Å². The van der Waals surface area contributed by atoms with Crippen molar-refractivity contribution < 1.29 is 4.74 Å². The fourth-order valence-corrected chi connectivity index (χ4v) is 3.54. The van der Waals surface area contributed by atoms with E-state index in [0.717, 1.165) is 19.2 Å². The van der Waals surface area contributed by atoms with Crippen LogP contribution in [-0.4, -0.2) is 85.3 Å². The van der Waals surface area contributed by atoms with Gasteiger partial charge in [-0.25, -0.2) is 0 Å². The van der Waals surface area contributed by atoms with Crippen LogP contribution in [0.1, 0.15) is 40.5 Å². The van der Waals surface area contributed by atoms with Gasteiger partial charge in [0, 0.05) is 44.8 Å². The molecule has 4 heteroatoms. The molecule has 0 aromatic carbocycles. The maximum Gasteiger partial charge on any atom is 0.0596 e. The number of piperazine rings is 1. The molecule has 0 radical (unpaired) electrons. The first-order valence-corrected chi connectivity index (χ1v) is 8.88. The van der Waals surface area contributed by atoms with Crippen LogP contribution in [-0.2, 0) is 4.74 Å². The first kappa shape index (κ1) is 17.2. The van der Waals surface area contributed by atoms with Gasteiger partial charge in [-0.05, 0) is 53.6 Å². The third kappa shape index (κ3) is 5.51. The molecule has 0 unspecified atom stereocenters. The molecule has 0 bridgehead atoms. The minimum Gasteiger partial charge on any atom is -0.377 e. The number of hydrogen-bond acceptors (Lipinski definition) is 4. The molecular weight excluding hydrogens is 262 g/mol. The Hall–Kier alpha value is -0.160. The molecule has 4 nitrogen and oxygen atoms in total. The van der Waals surface area contributed by atoms with Gasteiger partial charge in [-0.15, -0.1) is 0 Å². The smallest absolute Gasteiger partial charge is 0.0596 e. The summed E-state index contributed by atoms with van der Waals surface area (Å²) < 4.78 is 5.66. The van der Waals surface area contributed by atoms with E-state index in [1.807, 2.05) is 0 Å². The van der Waals surface area contributed by atoms with E-state index in [1.54, 1.807) is 0 Å².